The number of rotatable bonds is 8. The van der Waals surface area contributed by atoms with Crippen LogP contribution >= 0.6 is 34.8 Å². The molecule has 0 spiro atoms. The van der Waals surface area contributed by atoms with Crippen molar-refractivity contribution in [3.8, 4) is 11.8 Å². The number of halogens is 3. The van der Waals surface area contributed by atoms with Crippen LogP contribution in [-0.4, -0.2) is 126 Å². The second-order valence-corrected chi connectivity index (χ2v) is 28.3. The molecule has 0 radical (unpaired) electrons. The molecule has 104 heavy (non-hydrogen) atoms. The van der Waals surface area contributed by atoms with E-state index in [-0.39, 0.29) is 85.3 Å². The Bertz CT molecular complexity index is 3940. The Balaban J connectivity index is 0.000000266. The molecule has 558 valence electrons. The van der Waals surface area contributed by atoms with Gasteiger partial charge in [0, 0.05) is 61.1 Å². The van der Waals surface area contributed by atoms with Crippen molar-refractivity contribution in [2.24, 2.45) is 0 Å². The summed E-state index contributed by atoms with van der Waals surface area (Å²) in [7, 11) is 6.10. The van der Waals surface area contributed by atoms with Crippen LogP contribution in [0.1, 0.15) is 255 Å². The van der Waals surface area contributed by atoms with E-state index in [0.29, 0.717) is 34.9 Å². The summed E-state index contributed by atoms with van der Waals surface area (Å²) >= 11 is 17.3. The van der Waals surface area contributed by atoms with Gasteiger partial charge in [-0.2, -0.15) is 7.11 Å². The number of nitrogens with one attached hydrogen (secondary N) is 1. The number of esters is 1. The predicted octanol–water partition coefficient (Wildman–Crippen LogP) is 11.1. The van der Waals surface area contributed by atoms with E-state index < -0.39 is 23.2 Å². The summed E-state index contributed by atoms with van der Waals surface area (Å²) in [4.78, 5) is 102. The summed E-state index contributed by atoms with van der Waals surface area (Å²) in [6.45, 7) is 12.6. The number of methoxy groups -OCH3 is 3. The molecule has 1 amide bonds. The minimum absolute atomic E-state index is 0. The fourth-order valence-corrected chi connectivity index (χ4v) is 12.8. The average molecular weight is 1500 g/mol. The first-order chi connectivity index (χ1) is 49.2. The molecule has 0 fully saturated rings. The van der Waals surface area contributed by atoms with Crippen molar-refractivity contribution in [1.29, 1.82) is 0 Å². The number of anilines is 2. The van der Waals surface area contributed by atoms with Gasteiger partial charge in [0.05, 0.1) is 32.5 Å². The van der Waals surface area contributed by atoms with Gasteiger partial charge in [0.25, 0.3) is 11.1 Å². The Morgan fingerprint density at radius 3 is 1.28 bits per heavy atom. The van der Waals surface area contributed by atoms with Crippen molar-refractivity contribution in [2.75, 3.05) is 46.6 Å². The number of aliphatic hydroxyl groups excluding tert-OH is 1. The summed E-state index contributed by atoms with van der Waals surface area (Å²) in [5.74, 6) is -1.81. The van der Waals surface area contributed by atoms with E-state index in [9.17, 15) is 28.8 Å². The first-order valence-electron chi connectivity index (χ1n) is 35.0. The van der Waals surface area contributed by atoms with E-state index in [1.807, 2.05) is 12.1 Å². The molecule has 0 aliphatic heterocycles. The largest absolute Gasteiger partial charge is 1.00 e. The second-order valence-electron chi connectivity index (χ2n) is 27.2. The number of carbonyl (C=O) groups is 6. The summed E-state index contributed by atoms with van der Waals surface area (Å²) in [5.41, 5.74) is 19.7. The number of carboxylic acids is 2. The molecule has 12 rings (SSSR count). The van der Waals surface area contributed by atoms with E-state index in [4.69, 9.17) is 70.4 Å². The Morgan fingerprint density at radius 1 is 0.510 bits per heavy atom. The first-order valence-corrected chi connectivity index (χ1v) is 36.1. The molecular weight excluding hydrogens is 1400 g/mol. The number of aryl methyl sites for hydroxylation is 8. The fraction of sp³-hybridized carbons (Fsp3) is 0.506. The molecule has 6 aliphatic rings. The number of amides is 1. The van der Waals surface area contributed by atoms with Crippen LogP contribution in [-0.2, 0) is 76.5 Å². The maximum atomic E-state index is 12.7. The third-order valence-electron chi connectivity index (χ3n) is 17.9. The number of aromatic nitrogens is 8. The van der Waals surface area contributed by atoms with E-state index >= 15 is 0 Å². The number of pyridine rings is 4. The van der Waals surface area contributed by atoms with Crippen molar-refractivity contribution in [3.05, 3.63) is 161 Å². The molecule has 0 unspecified atom stereocenters. The molecule has 23 nitrogen and oxygen atoms in total. The van der Waals surface area contributed by atoms with Gasteiger partial charge in [0.15, 0.2) is 5.78 Å². The second kappa shape index (κ2) is 44.6. The number of hydrogen-bond acceptors (Lipinski definition) is 20. The van der Waals surface area contributed by atoms with Gasteiger partial charge in [0.2, 0.25) is 23.7 Å². The predicted molar refractivity (Wildman–Crippen MR) is 397 cm³/mol. The van der Waals surface area contributed by atoms with Gasteiger partial charge in [-0.1, -0.05) is 102 Å². The van der Waals surface area contributed by atoms with Crippen LogP contribution in [0.15, 0.2) is 71.8 Å². The van der Waals surface area contributed by atoms with Crippen molar-refractivity contribution in [1.82, 2.24) is 39.9 Å². The van der Waals surface area contributed by atoms with E-state index in [2.05, 4.69) is 91.5 Å². The molecule has 0 bridgehead atoms. The molecule has 0 atom stereocenters. The van der Waals surface area contributed by atoms with Crippen molar-refractivity contribution in [2.45, 2.75) is 219 Å². The van der Waals surface area contributed by atoms with Gasteiger partial charge < -0.3 is 40.4 Å². The topological polar surface area (TPSA) is 355 Å². The Hall–Kier alpha value is -7.35. The summed E-state index contributed by atoms with van der Waals surface area (Å²) in [6, 6.07) is 7.26. The molecule has 6 N–H and O–H groups in total. The molecule has 6 heterocycles. The number of allylic oxidation sites excluding steroid dienone is 3. The molecular formula is C77H100Cl3N10NaO13. The molecule has 6 aliphatic carbocycles. The van der Waals surface area contributed by atoms with Crippen LogP contribution in [0, 0.1) is 0 Å². The minimum Gasteiger partial charge on any atom is -0.857 e. The monoisotopic (exact) mass is 1500 g/mol. The maximum Gasteiger partial charge on any atom is 1.00 e. The Labute approximate surface area is 648 Å². The standard InChI is InChI=1S/C20H26N4O2.C12H14ClNO2.C12H15NO3.C12H14O3.C11H11Cl2NO.C8H13N3.CH4O.CH3O.Na/c1-20(2,3)14-11-21-19(22-12-14)24-17(25)15-10-13-8-6-5-7-9-16(13)23-18(15)26-4;1-16-12(15)9-7-8-5-3-2-4-6-10(8)14-11(9)13;1-16-11-9(12(14)15)7-8-5-3-2-4-6-10(8)13-11;13-11-7-9-5-3-1-2-4-8(9)6-10(11)12(14)15;12-10-8(11(13)15)6-7-4-2-1-3-5-9(7)14-10;1-8(2,3)6-4-10-7(9)11-5-6;2*1-2;/h10-12H,5-9H2,1-4H3,(H,21,22,24,25);7H,2-6H2,1H3;7H,2-6H2,1H3,(H,14,15);6H,1-5,7H2,(H,14,15);6H,1-5H2;4-5H,1-3H3,(H2,9,10,11);2H,1H3;1H3;/q;;;;;;;-1;+1. The Morgan fingerprint density at radius 2 is 0.875 bits per heavy atom. The van der Waals surface area contributed by atoms with Crippen LogP contribution in [0.3, 0.4) is 0 Å². The van der Waals surface area contributed by atoms with E-state index in [1.54, 1.807) is 43.0 Å². The number of hydrogen-bond donors (Lipinski definition) is 5. The van der Waals surface area contributed by atoms with Crippen molar-refractivity contribution < 1.29 is 93.0 Å². The molecule has 0 aromatic carbocycles. The summed E-state index contributed by atoms with van der Waals surface area (Å²) in [5, 5.41) is 35.9. The Kier molecular flexibility index (Phi) is 38.2. The quantitative estimate of drug-likeness (QED) is 0.0236. The van der Waals surface area contributed by atoms with Gasteiger partial charge in [-0.15, -0.1) is 0 Å². The fourth-order valence-electron chi connectivity index (χ4n) is 12.1. The number of nitrogens with two attached hydrogens (primary N) is 1. The van der Waals surface area contributed by atoms with Gasteiger partial charge in [-0.3, -0.25) is 19.7 Å². The summed E-state index contributed by atoms with van der Waals surface area (Å²) < 4.78 is 15.1. The number of ether oxygens (including phenoxy) is 3. The number of carbonyl (C=O) groups excluding carboxylic acids is 4. The molecule has 0 saturated heterocycles. The van der Waals surface area contributed by atoms with Crippen LogP contribution in [0.2, 0.25) is 10.3 Å². The molecule has 0 saturated carbocycles. The zero-order valence-corrected chi connectivity index (χ0v) is 66.6. The van der Waals surface area contributed by atoms with E-state index in [0.717, 1.165) is 204 Å². The van der Waals surface area contributed by atoms with Gasteiger partial charge in [0.1, 0.15) is 27.0 Å². The van der Waals surface area contributed by atoms with Crippen LogP contribution in [0.25, 0.3) is 0 Å². The third kappa shape index (κ3) is 27.2. The number of nitrogen functional groups attached to an aromatic ring is 1. The van der Waals surface area contributed by atoms with Crippen LogP contribution in [0.5, 0.6) is 11.8 Å². The van der Waals surface area contributed by atoms with Gasteiger partial charge >= 0.3 is 47.5 Å². The first kappa shape index (κ1) is 89.0. The number of aliphatic carboxylic acids is 1. The number of Topliss-reactive ketones (excluding diaryl/α,β-unsaturated/α-hetero) is 1. The SMILES string of the molecule is CC(C)(C)c1cnc(N)nc1.CO.COC(=O)c1cc2c(nc1Cl)CCCCC2.COc1nc2c(cc1C(=O)Nc1ncc(C(C)(C)C)cn1)CCCCC2.COc1nc2c(cc1C(=O)O)CCCCC2.C[O-].O=C(Cl)c1cc2c(nc1Cl)CCCCC2.O=C(O)C1=CC2=C(CCCCC2)CC1=O.[Na+]. The number of carboxylic acid groups (broad SMARTS) is 2. The molecule has 27 heteroatoms. The number of aliphatic hydroxyl groups is 1. The molecule has 6 aromatic rings. The minimum atomic E-state index is -1.09. The van der Waals surface area contributed by atoms with Crippen LogP contribution in [0.4, 0.5) is 11.9 Å². The zero-order valence-electron chi connectivity index (χ0n) is 62.3. The third-order valence-corrected chi connectivity index (χ3v) is 18.7. The van der Waals surface area contributed by atoms with Crippen molar-refractivity contribution >= 4 is 81.5 Å². The number of fused-ring (bicyclic) bond motifs is 4. The zero-order chi connectivity index (χ0) is 76.0. The number of ketones is 1. The maximum absolute atomic E-state index is 12.7. The molecule has 6 aromatic heterocycles. The number of aromatic carboxylic acids is 1. The number of nitrogens with zero attached hydrogens (tertiary/aromatic N) is 8. The van der Waals surface area contributed by atoms with Gasteiger partial charge in [-0.25, -0.2) is 54.3 Å². The average Bonchev–Trinajstić information content (AvgIpc) is 1.42. The van der Waals surface area contributed by atoms with E-state index in [1.165, 1.54) is 59.0 Å². The van der Waals surface area contributed by atoms with Crippen LogP contribution < -0.4 is 55.2 Å². The summed E-state index contributed by atoms with van der Waals surface area (Å²) in [6.07, 6.45) is 35.7. The van der Waals surface area contributed by atoms with Crippen molar-refractivity contribution in [3.63, 3.8) is 0 Å². The smallest absolute Gasteiger partial charge is 0.857 e. The van der Waals surface area contributed by atoms with Gasteiger partial charge in [-0.05, 0) is 220 Å². The normalized spacial score (nSPS) is 15.0.